The summed E-state index contributed by atoms with van der Waals surface area (Å²) in [6, 6.07) is 23.9. The van der Waals surface area contributed by atoms with Crippen molar-refractivity contribution in [1.29, 1.82) is 0 Å². The highest BCUT2D eigenvalue weighted by Gasteiger charge is 2.45. The van der Waals surface area contributed by atoms with Crippen molar-refractivity contribution in [1.82, 2.24) is 10.2 Å². The fourth-order valence-electron chi connectivity index (χ4n) is 4.62. The van der Waals surface area contributed by atoms with Gasteiger partial charge in [0.25, 0.3) is 0 Å². The number of amides is 2. The molecule has 3 aromatic rings. The number of rotatable bonds is 6. The first kappa shape index (κ1) is 21.8. The number of halogens is 1. The van der Waals surface area contributed by atoms with E-state index >= 15 is 0 Å². The molecule has 0 unspecified atom stereocenters. The summed E-state index contributed by atoms with van der Waals surface area (Å²) >= 11 is 0. The molecule has 1 fully saturated rings. The molecule has 3 aromatic carbocycles. The van der Waals surface area contributed by atoms with Crippen LogP contribution in [0.25, 0.3) is 11.1 Å². The zero-order valence-electron chi connectivity index (χ0n) is 18.2. The number of carbonyl (C=O) groups is 2. The van der Waals surface area contributed by atoms with Crippen LogP contribution in [-0.2, 0) is 22.4 Å². The summed E-state index contributed by atoms with van der Waals surface area (Å²) in [5, 5.41) is 2.80. The summed E-state index contributed by atoms with van der Waals surface area (Å²) in [5.74, 6) is -0.361. The third kappa shape index (κ3) is 4.42. The Hall–Kier alpha value is -3.47. The van der Waals surface area contributed by atoms with Crippen LogP contribution in [0.5, 0.6) is 0 Å². The first-order chi connectivity index (χ1) is 15.5. The Balaban J connectivity index is 1.60. The van der Waals surface area contributed by atoms with Crippen LogP contribution in [0, 0.1) is 11.2 Å². The predicted molar refractivity (Wildman–Crippen MR) is 123 cm³/mol. The van der Waals surface area contributed by atoms with Crippen molar-refractivity contribution in [2.24, 2.45) is 5.41 Å². The molecule has 1 N–H and O–H groups in total. The minimum Gasteiger partial charge on any atom is -0.359 e. The van der Waals surface area contributed by atoms with Crippen LogP contribution in [0.1, 0.15) is 17.5 Å². The van der Waals surface area contributed by atoms with Gasteiger partial charge in [-0.25, -0.2) is 4.39 Å². The number of nitrogens with one attached hydrogen (secondary N) is 1. The largest absolute Gasteiger partial charge is 0.359 e. The second-order valence-electron chi connectivity index (χ2n) is 8.40. The predicted octanol–water partition coefficient (Wildman–Crippen LogP) is 4.24. The number of hydrogen-bond donors (Lipinski definition) is 1. The summed E-state index contributed by atoms with van der Waals surface area (Å²) < 4.78 is 14.5. The van der Waals surface area contributed by atoms with Crippen LogP contribution in [0.15, 0.2) is 78.9 Å². The van der Waals surface area contributed by atoms with E-state index in [4.69, 9.17) is 0 Å². The lowest BCUT2D eigenvalue weighted by Gasteiger charge is -2.29. The monoisotopic (exact) mass is 430 g/mol. The van der Waals surface area contributed by atoms with Crippen molar-refractivity contribution in [3.05, 3.63) is 95.8 Å². The number of nitrogens with zero attached hydrogens (tertiary/aromatic N) is 1. The second-order valence-corrected chi connectivity index (χ2v) is 8.40. The maximum atomic E-state index is 14.5. The van der Waals surface area contributed by atoms with Gasteiger partial charge in [-0.15, -0.1) is 0 Å². The molecule has 0 aromatic heterocycles. The first-order valence-corrected chi connectivity index (χ1v) is 10.9. The van der Waals surface area contributed by atoms with Gasteiger partial charge >= 0.3 is 0 Å². The molecule has 0 radical (unpaired) electrons. The SMILES string of the molecule is CNC(=O)[C@]1(Cc2ccccc2-c2ccccc2F)CCN(C(=O)Cc2ccccc2)C1. The minimum absolute atomic E-state index is 0.0179. The molecule has 0 spiro atoms. The second kappa shape index (κ2) is 9.35. The van der Waals surface area contributed by atoms with Gasteiger partial charge in [-0.2, -0.15) is 0 Å². The molecule has 4 nitrogen and oxygen atoms in total. The Morgan fingerprint density at radius 3 is 2.31 bits per heavy atom. The lowest BCUT2D eigenvalue weighted by Crippen LogP contribution is -2.44. The molecule has 0 aliphatic carbocycles. The summed E-state index contributed by atoms with van der Waals surface area (Å²) in [6.07, 6.45) is 1.32. The van der Waals surface area contributed by atoms with Gasteiger partial charge < -0.3 is 10.2 Å². The minimum atomic E-state index is -0.748. The Kier molecular flexibility index (Phi) is 6.35. The normalized spacial score (nSPS) is 17.9. The highest BCUT2D eigenvalue weighted by molar-refractivity contribution is 5.86. The van der Waals surface area contributed by atoms with Crippen LogP contribution in [0.2, 0.25) is 0 Å². The number of hydrogen-bond acceptors (Lipinski definition) is 2. The maximum Gasteiger partial charge on any atom is 0.228 e. The molecule has 1 atom stereocenters. The maximum absolute atomic E-state index is 14.5. The lowest BCUT2D eigenvalue weighted by molar-refractivity contribution is -0.132. The molecule has 0 saturated carbocycles. The molecule has 4 rings (SSSR count). The van der Waals surface area contributed by atoms with Gasteiger partial charge in [-0.05, 0) is 35.6 Å². The van der Waals surface area contributed by atoms with E-state index in [0.717, 1.165) is 16.7 Å². The van der Waals surface area contributed by atoms with Crippen molar-refractivity contribution in [2.75, 3.05) is 20.1 Å². The van der Waals surface area contributed by atoms with Crippen molar-refractivity contribution >= 4 is 11.8 Å². The van der Waals surface area contributed by atoms with E-state index in [-0.39, 0.29) is 17.6 Å². The van der Waals surface area contributed by atoms with Crippen LogP contribution < -0.4 is 5.32 Å². The zero-order valence-corrected chi connectivity index (χ0v) is 18.2. The average Bonchev–Trinajstić information content (AvgIpc) is 3.25. The molecule has 164 valence electrons. The standard InChI is InChI=1S/C27H27FN2O2/c1-29-26(32)27(15-16-30(19-27)25(31)17-20-9-3-2-4-10-20)18-21-11-5-6-12-22(21)23-13-7-8-14-24(23)28/h2-14H,15-19H2,1H3,(H,29,32)/t27-/m0/s1. The van der Waals surface area contributed by atoms with Gasteiger partial charge in [-0.3, -0.25) is 9.59 Å². The van der Waals surface area contributed by atoms with Gasteiger partial charge in [-0.1, -0.05) is 72.8 Å². The van der Waals surface area contributed by atoms with Crippen molar-refractivity contribution in [3.63, 3.8) is 0 Å². The molecule has 0 bridgehead atoms. The highest BCUT2D eigenvalue weighted by Crippen LogP contribution is 2.38. The lowest BCUT2D eigenvalue weighted by atomic mass is 9.78. The van der Waals surface area contributed by atoms with Crippen LogP contribution in [0.3, 0.4) is 0 Å². The van der Waals surface area contributed by atoms with E-state index in [1.54, 1.807) is 24.1 Å². The molecular weight excluding hydrogens is 403 g/mol. The van der Waals surface area contributed by atoms with Crippen LogP contribution >= 0.6 is 0 Å². The smallest absolute Gasteiger partial charge is 0.228 e. The Bertz CT molecular complexity index is 1120. The molecule has 1 saturated heterocycles. The Morgan fingerprint density at radius 2 is 1.59 bits per heavy atom. The third-order valence-electron chi connectivity index (χ3n) is 6.32. The van der Waals surface area contributed by atoms with E-state index in [1.165, 1.54) is 6.07 Å². The van der Waals surface area contributed by atoms with E-state index in [0.29, 0.717) is 37.9 Å². The Morgan fingerprint density at radius 1 is 0.938 bits per heavy atom. The van der Waals surface area contributed by atoms with Gasteiger partial charge in [0, 0.05) is 25.7 Å². The molecule has 2 amide bonds. The van der Waals surface area contributed by atoms with Crippen molar-refractivity contribution < 1.29 is 14.0 Å². The van der Waals surface area contributed by atoms with E-state index < -0.39 is 5.41 Å². The number of likely N-dealkylation sites (tertiary alicyclic amines) is 1. The number of benzene rings is 3. The fourth-order valence-corrected chi connectivity index (χ4v) is 4.62. The van der Waals surface area contributed by atoms with Crippen molar-refractivity contribution in [2.45, 2.75) is 19.3 Å². The van der Waals surface area contributed by atoms with Crippen LogP contribution in [-0.4, -0.2) is 36.9 Å². The molecule has 1 aliphatic heterocycles. The molecular formula is C27H27FN2O2. The van der Waals surface area contributed by atoms with E-state index in [2.05, 4.69) is 5.32 Å². The average molecular weight is 431 g/mol. The summed E-state index contributed by atoms with van der Waals surface area (Å²) in [5.41, 5.74) is 2.41. The molecule has 32 heavy (non-hydrogen) atoms. The van der Waals surface area contributed by atoms with E-state index in [9.17, 15) is 14.0 Å². The topological polar surface area (TPSA) is 49.4 Å². The highest BCUT2D eigenvalue weighted by atomic mass is 19.1. The number of carbonyl (C=O) groups excluding carboxylic acids is 2. The molecule has 5 heteroatoms. The van der Waals surface area contributed by atoms with Gasteiger partial charge in [0.1, 0.15) is 5.82 Å². The van der Waals surface area contributed by atoms with E-state index in [1.807, 2.05) is 60.7 Å². The quantitative estimate of drug-likeness (QED) is 0.636. The summed E-state index contributed by atoms with van der Waals surface area (Å²) in [6.45, 7) is 0.880. The Labute approximate surface area is 188 Å². The third-order valence-corrected chi connectivity index (χ3v) is 6.32. The van der Waals surface area contributed by atoms with Gasteiger partial charge in [0.05, 0.1) is 11.8 Å². The van der Waals surface area contributed by atoms with Crippen molar-refractivity contribution in [3.8, 4) is 11.1 Å². The van der Waals surface area contributed by atoms with Gasteiger partial charge in [0.15, 0.2) is 0 Å². The fraction of sp³-hybridized carbons (Fsp3) is 0.259. The van der Waals surface area contributed by atoms with Gasteiger partial charge in [0.2, 0.25) is 11.8 Å². The zero-order chi connectivity index (χ0) is 22.6. The first-order valence-electron chi connectivity index (χ1n) is 10.9. The molecule has 1 heterocycles. The molecule has 1 aliphatic rings. The van der Waals surface area contributed by atoms with Crippen LogP contribution in [0.4, 0.5) is 4.39 Å². The summed E-state index contributed by atoms with van der Waals surface area (Å²) in [7, 11) is 1.63. The summed E-state index contributed by atoms with van der Waals surface area (Å²) in [4.78, 5) is 27.8.